The zero-order valence-electron chi connectivity index (χ0n) is 10.5. The molecule has 1 aromatic rings. The molecule has 18 heavy (non-hydrogen) atoms. The Balaban J connectivity index is 1.98. The zero-order valence-corrected chi connectivity index (χ0v) is 10.5. The first-order valence-electron chi connectivity index (χ1n) is 6.23. The largest absolute Gasteiger partial charge is 0.326 e. The molecular weight excluding hydrogens is 226 g/mol. The summed E-state index contributed by atoms with van der Waals surface area (Å²) >= 11 is 0. The predicted octanol–water partition coefficient (Wildman–Crippen LogP) is 3.18. The molecule has 0 spiro atoms. The van der Waals surface area contributed by atoms with E-state index in [9.17, 15) is 9.59 Å². The lowest BCUT2D eigenvalue weighted by Gasteiger charge is -2.17. The van der Waals surface area contributed by atoms with E-state index in [1.807, 2.05) is 0 Å². The molecule has 94 valence electrons. The number of carbonyl (C=O) groups excluding carboxylic acids is 2. The summed E-state index contributed by atoms with van der Waals surface area (Å²) in [5, 5.41) is 2.89. The minimum Gasteiger partial charge on any atom is -0.326 e. The van der Waals surface area contributed by atoms with E-state index in [-0.39, 0.29) is 17.6 Å². The molecule has 3 nitrogen and oxygen atoms in total. The van der Waals surface area contributed by atoms with Gasteiger partial charge in [-0.3, -0.25) is 9.59 Å². The van der Waals surface area contributed by atoms with E-state index < -0.39 is 0 Å². The molecule has 1 amide bonds. The highest BCUT2D eigenvalue weighted by Crippen LogP contribution is 2.20. The quantitative estimate of drug-likeness (QED) is 0.654. The molecule has 1 N–H and O–H groups in total. The third-order valence-electron chi connectivity index (χ3n) is 3.20. The standard InChI is InChI=1S/C15H17NO2/c1-11(17)12-7-9-14(10-8-12)16-15(18)13-5-3-2-4-6-13/h2-3,7-10,13H,4-6H2,1H3,(H,16,18)/t13-/m0/s1. The highest BCUT2D eigenvalue weighted by molar-refractivity contribution is 5.96. The van der Waals surface area contributed by atoms with Crippen molar-refractivity contribution in [3.8, 4) is 0 Å². The van der Waals surface area contributed by atoms with Crippen molar-refractivity contribution in [3.63, 3.8) is 0 Å². The molecule has 0 bridgehead atoms. The SMILES string of the molecule is CC(=O)c1ccc(NC(=O)[C@H]2CC=CCC2)cc1. The molecule has 1 aliphatic rings. The number of nitrogens with one attached hydrogen (secondary N) is 1. The van der Waals surface area contributed by atoms with Crippen LogP contribution in [0.25, 0.3) is 0 Å². The summed E-state index contributed by atoms with van der Waals surface area (Å²) in [5.41, 5.74) is 1.41. The van der Waals surface area contributed by atoms with E-state index in [1.54, 1.807) is 24.3 Å². The number of allylic oxidation sites excluding steroid dienone is 2. The van der Waals surface area contributed by atoms with Crippen molar-refractivity contribution >= 4 is 17.4 Å². The van der Waals surface area contributed by atoms with Gasteiger partial charge in [-0.05, 0) is 50.5 Å². The Bertz CT molecular complexity index is 474. The maximum absolute atomic E-state index is 12.0. The lowest BCUT2D eigenvalue weighted by Crippen LogP contribution is -2.23. The molecule has 1 aromatic carbocycles. The summed E-state index contributed by atoms with van der Waals surface area (Å²) in [6.45, 7) is 1.53. The summed E-state index contributed by atoms with van der Waals surface area (Å²) < 4.78 is 0. The van der Waals surface area contributed by atoms with Crippen LogP contribution in [0.5, 0.6) is 0 Å². The number of amides is 1. The minimum absolute atomic E-state index is 0.0327. The molecule has 3 heteroatoms. The predicted molar refractivity (Wildman–Crippen MR) is 71.6 cm³/mol. The van der Waals surface area contributed by atoms with Gasteiger partial charge in [0.1, 0.15) is 0 Å². The van der Waals surface area contributed by atoms with Crippen LogP contribution in [0.15, 0.2) is 36.4 Å². The third-order valence-corrected chi connectivity index (χ3v) is 3.20. The number of benzene rings is 1. The lowest BCUT2D eigenvalue weighted by molar-refractivity contribution is -0.120. The van der Waals surface area contributed by atoms with E-state index in [0.29, 0.717) is 5.56 Å². The lowest BCUT2D eigenvalue weighted by atomic mass is 9.93. The first-order valence-corrected chi connectivity index (χ1v) is 6.23. The number of Topliss-reactive ketones (excluding diaryl/α,β-unsaturated/α-hetero) is 1. The van der Waals surface area contributed by atoms with Crippen molar-refractivity contribution in [2.45, 2.75) is 26.2 Å². The van der Waals surface area contributed by atoms with Crippen LogP contribution in [0.4, 0.5) is 5.69 Å². The van der Waals surface area contributed by atoms with Gasteiger partial charge in [0, 0.05) is 17.2 Å². The van der Waals surface area contributed by atoms with Crippen LogP contribution in [0, 0.1) is 5.92 Å². The van der Waals surface area contributed by atoms with Gasteiger partial charge in [0.25, 0.3) is 0 Å². The molecule has 0 radical (unpaired) electrons. The van der Waals surface area contributed by atoms with E-state index in [0.717, 1.165) is 24.9 Å². The Hall–Kier alpha value is -1.90. The summed E-state index contributed by atoms with van der Waals surface area (Å²) in [4.78, 5) is 23.1. The van der Waals surface area contributed by atoms with Crippen molar-refractivity contribution in [1.29, 1.82) is 0 Å². The van der Waals surface area contributed by atoms with Crippen LogP contribution in [-0.4, -0.2) is 11.7 Å². The normalized spacial score (nSPS) is 18.4. The highest BCUT2D eigenvalue weighted by atomic mass is 16.2. The molecule has 0 saturated heterocycles. The van der Waals surface area contributed by atoms with E-state index in [4.69, 9.17) is 0 Å². The number of hydrogen-bond donors (Lipinski definition) is 1. The molecule has 2 rings (SSSR count). The first kappa shape index (κ1) is 12.6. The summed E-state index contributed by atoms with van der Waals surface area (Å²) in [6, 6.07) is 7.01. The average Bonchev–Trinajstić information content (AvgIpc) is 2.40. The van der Waals surface area contributed by atoms with Gasteiger partial charge in [0.05, 0.1) is 0 Å². The minimum atomic E-state index is 0.0327. The smallest absolute Gasteiger partial charge is 0.227 e. The van der Waals surface area contributed by atoms with Crippen LogP contribution >= 0.6 is 0 Å². The third kappa shape index (κ3) is 3.06. The van der Waals surface area contributed by atoms with Crippen LogP contribution in [0.2, 0.25) is 0 Å². The van der Waals surface area contributed by atoms with Gasteiger partial charge in [-0.2, -0.15) is 0 Å². The van der Waals surface area contributed by atoms with Crippen molar-refractivity contribution in [2.24, 2.45) is 5.92 Å². The van der Waals surface area contributed by atoms with Crippen molar-refractivity contribution in [1.82, 2.24) is 0 Å². The summed E-state index contributed by atoms with van der Waals surface area (Å²) in [7, 11) is 0. The van der Waals surface area contributed by atoms with E-state index >= 15 is 0 Å². The average molecular weight is 243 g/mol. The monoisotopic (exact) mass is 243 g/mol. The van der Waals surface area contributed by atoms with Gasteiger partial charge in [0.2, 0.25) is 5.91 Å². The molecule has 0 saturated carbocycles. The fourth-order valence-corrected chi connectivity index (χ4v) is 2.06. The van der Waals surface area contributed by atoms with E-state index in [1.165, 1.54) is 6.92 Å². The second kappa shape index (κ2) is 5.63. The number of ketones is 1. The first-order chi connectivity index (χ1) is 8.66. The van der Waals surface area contributed by atoms with Gasteiger partial charge in [-0.1, -0.05) is 12.2 Å². The molecule has 0 unspecified atom stereocenters. The number of anilines is 1. The highest BCUT2D eigenvalue weighted by Gasteiger charge is 2.18. The van der Waals surface area contributed by atoms with Crippen molar-refractivity contribution in [2.75, 3.05) is 5.32 Å². The second-order valence-electron chi connectivity index (χ2n) is 4.60. The maximum Gasteiger partial charge on any atom is 0.227 e. The molecule has 1 atom stereocenters. The van der Waals surface area contributed by atoms with Gasteiger partial charge in [-0.25, -0.2) is 0 Å². The Morgan fingerprint density at radius 3 is 2.44 bits per heavy atom. The molecule has 0 fully saturated rings. The Kier molecular flexibility index (Phi) is 3.92. The van der Waals surface area contributed by atoms with Crippen molar-refractivity contribution in [3.05, 3.63) is 42.0 Å². The van der Waals surface area contributed by atoms with Gasteiger partial charge < -0.3 is 5.32 Å². The van der Waals surface area contributed by atoms with Crippen LogP contribution in [0.3, 0.4) is 0 Å². The van der Waals surface area contributed by atoms with Crippen LogP contribution in [-0.2, 0) is 4.79 Å². The number of rotatable bonds is 3. The van der Waals surface area contributed by atoms with Crippen LogP contribution in [0.1, 0.15) is 36.5 Å². The molecule has 0 aromatic heterocycles. The second-order valence-corrected chi connectivity index (χ2v) is 4.60. The number of hydrogen-bond acceptors (Lipinski definition) is 2. The van der Waals surface area contributed by atoms with Gasteiger partial charge in [0.15, 0.2) is 5.78 Å². The zero-order chi connectivity index (χ0) is 13.0. The van der Waals surface area contributed by atoms with Crippen molar-refractivity contribution < 1.29 is 9.59 Å². The Morgan fingerprint density at radius 1 is 1.17 bits per heavy atom. The molecule has 0 heterocycles. The molecule has 0 aliphatic heterocycles. The van der Waals surface area contributed by atoms with E-state index in [2.05, 4.69) is 17.5 Å². The molecule has 1 aliphatic carbocycles. The van der Waals surface area contributed by atoms with Crippen LogP contribution < -0.4 is 5.32 Å². The summed E-state index contributed by atoms with van der Waals surface area (Å²) in [6.07, 6.45) is 6.88. The van der Waals surface area contributed by atoms with Gasteiger partial charge in [-0.15, -0.1) is 0 Å². The fourth-order valence-electron chi connectivity index (χ4n) is 2.06. The Labute approximate surface area is 107 Å². The Morgan fingerprint density at radius 2 is 1.89 bits per heavy atom. The topological polar surface area (TPSA) is 46.2 Å². The fraction of sp³-hybridized carbons (Fsp3) is 0.333. The molecular formula is C15H17NO2. The number of carbonyl (C=O) groups is 2. The van der Waals surface area contributed by atoms with Gasteiger partial charge >= 0.3 is 0 Å². The summed E-state index contributed by atoms with van der Waals surface area (Å²) in [5.74, 6) is 0.169. The maximum atomic E-state index is 12.0.